The Bertz CT molecular complexity index is 469. The Morgan fingerprint density at radius 1 is 1.50 bits per heavy atom. The molecule has 0 N–H and O–H groups in total. The van der Waals surface area contributed by atoms with Crippen molar-refractivity contribution in [1.29, 1.82) is 0 Å². The van der Waals surface area contributed by atoms with Crippen molar-refractivity contribution in [2.45, 2.75) is 25.6 Å². The maximum Gasteiger partial charge on any atom is 0.269 e. The summed E-state index contributed by atoms with van der Waals surface area (Å²) in [5.74, 6) is 0. The first-order valence-corrected chi connectivity index (χ1v) is 5.62. The molecule has 1 aliphatic heterocycles. The van der Waals surface area contributed by atoms with Gasteiger partial charge in [0.1, 0.15) is 0 Å². The summed E-state index contributed by atoms with van der Waals surface area (Å²) in [5, 5.41) is 14.5. The van der Waals surface area contributed by atoms with E-state index in [9.17, 15) is 10.1 Å². The smallest absolute Gasteiger partial charge is 0.269 e. The van der Waals surface area contributed by atoms with E-state index >= 15 is 0 Å². The van der Waals surface area contributed by atoms with Gasteiger partial charge in [0.25, 0.3) is 5.69 Å². The number of benzene rings is 1. The van der Waals surface area contributed by atoms with Gasteiger partial charge in [0.05, 0.1) is 16.7 Å². The molecular formula is C12H14N2O4. The quantitative estimate of drug-likeness (QED) is 0.606. The first kappa shape index (κ1) is 12.5. The third-order valence-corrected chi connectivity index (χ3v) is 3.00. The van der Waals surface area contributed by atoms with E-state index in [1.54, 1.807) is 19.2 Å². The number of hydrogen-bond acceptors (Lipinski definition) is 5. The monoisotopic (exact) mass is 250 g/mol. The lowest BCUT2D eigenvalue weighted by molar-refractivity contribution is -0.384. The lowest BCUT2D eigenvalue weighted by Gasteiger charge is -2.14. The average Bonchev–Trinajstić information content (AvgIpc) is 2.87. The average molecular weight is 250 g/mol. The summed E-state index contributed by atoms with van der Waals surface area (Å²) in [7, 11) is 1.62. The molecule has 0 unspecified atom stereocenters. The molecule has 1 heterocycles. The second-order valence-electron chi connectivity index (χ2n) is 4.13. The molecule has 0 aliphatic carbocycles. The molecule has 18 heavy (non-hydrogen) atoms. The molecule has 0 saturated carbocycles. The fourth-order valence-electron chi connectivity index (χ4n) is 1.75. The van der Waals surface area contributed by atoms with Crippen LogP contribution in [0.1, 0.15) is 18.9 Å². The molecule has 0 fully saturated rings. The third kappa shape index (κ3) is 2.48. The number of hydrogen-bond donors (Lipinski definition) is 0. The van der Waals surface area contributed by atoms with E-state index in [2.05, 4.69) is 5.16 Å². The molecule has 0 radical (unpaired) electrons. The number of ether oxygens (including phenoxy) is 1. The van der Waals surface area contributed by atoms with Crippen molar-refractivity contribution >= 4 is 11.4 Å². The Hall–Kier alpha value is -1.95. The molecule has 96 valence electrons. The van der Waals surface area contributed by atoms with Gasteiger partial charge >= 0.3 is 0 Å². The minimum Gasteiger partial charge on any atom is -0.389 e. The fraction of sp³-hybridized carbons (Fsp3) is 0.417. The molecule has 0 saturated heterocycles. The van der Waals surface area contributed by atoms with Crippen LogP contribution in [0.25, 0.3) is 0 Å². The number of methoxy groups -OCH3 is 1. The van der Waals surface area contributed by atoms with E-state index in [0.717, 1.165) is 11.3 Å². The highest BCUT2D eigenvalue weighted by molar-refractivity contribution is 6.01. The van der Waals surface area contributed by atoms with E-state index in [0.29, 0.717) is 6.42 Å². The van der Waals surface area contributed by atoms with Crippen molar-refractivity contribution in [2.75, 3.05) is 7.11 Å². The van der Waals surface area contributed by atoms with Gasteiger partial charge < -0.3 is 9.57 Å². The van der Waals surface area contributed by atoms with Gasteiger partial charge in [0, 0.05) is 25.7 Å². The van der Waals surface area contributed by atoms with Crippen molar-refractivity contribution in [1.82, 2.24) is 0 Å². The standard InChI is InChI=1S/C12H14N2O4/c1-8(17-2)12-7-11(13-18-12)9-3-5-10(6-4-9)14(15)16/h3-6,8,12H,7H2,1-2H3/t8-,12+/m0/s1. The number of oxime groups is 1. The summed E-state index contributed by atoms with van der Waals surface area (Å²) in [6.45, 7) is 1.92. The van der Waals surface area contributed by atoms with Gasteiger partial charge in [-0.25, -0.2) is 0 Å². The van der Waals surface area contributed by atoms with Crippen LogP contribution in [-0.2, 0) is 9.57 Å². The molecule has 0 amide bonds. The highest BCUT2D eigenvalue weighted by Gasteiger charge is 2.27. The van der Waals surface area contributed by atoms with E-state index in [-0.39, 0.29) is 17.9 Å². The molecule has 2 atom stereocenters. The molecule has 6 heteroatoms. The van der Waals surface area contributed by atoms with Gasteiger partial charge in [-0.05, 0) is 24.6 Å². The minimum absolute atomic E-state index is 0.0377. The van der Waals surface area contributed by atoms with Crippen molar-refractivity contribution in [3.05, 3.63) is 39.9 Å². The summed E-state index contributed by atoms with van der Waals surface area (Å²) in [4.78, 5) is 15.4. The van der Waals surface area contributed by atoms with Crippen molar-refractivity contribution in [3.63, 3.8) is 0 Å². The van der Waals surface area contributed by atoms with Crippen LogP contribution >= 0.6 is 0 Å². The minimum atomic E-state index is -0.424. The summed E-state index contributed by atoms with van der Waals surface area (Å²) in [6, 6.07) is 6.29. The van der Waals surface area contributed by atoms with Gasteiger partial charge in [-0.2, -0.15) is 0 Å². The van der Waals surface area contributed by atoms with Crippen molar-refractivity contribution < 1.29 is 14.5 Å². The second kappa shape index (κ2) is 5.14. The SMILES string of the molecule is CO[C@@H](C)[C@H]1CC(c2ccc([N+](=O)[O-])cc2)=NO1. The Labute approximate surface area is 104 Å². The van der Waals surface area contributed by atoms with Crippen LogP contribution in [-0.4, -0.2) is 30.0 Å². The summed E-state index contributed by atoms with van der Waals surface area (Å²) >= 11 is 0. The highest BCUT2D eigenvalue weighted by atomic mass is 16.7. The number of nitro groups is 1. The molecule has 0 bridgehead atoms. The van der Waals surface area contributed by atoms with Gasteiger partial charge in [-0.3, -0.25) is 10.1 Å². The predicted molar refractivity (Wildman–Crippen MR) is 65.6 cm³/mol. The van der Waals surface area contributed by atoms with Crippen LogP contribution in [0.3, 0.4) is 0 Å². The third-order valence-electron chi connectivity index (χ3n) is 3.00. The van der Waals surface area contributed by atoms with Crippen LogP contribution in [0.5, 0.6) is 0 Å². The lowest BCUT2D eigenvalue weighted by atomic mass is 10.0. The van der Waals surface area contributed by atoms with E-state index in [4.69, 9.17) is 9.57 Å². The topological polar surface area (TPSA) is 74.0 Å². The number of rotatable bonds is 4. The van der Waals surface area contributed by atoms with E-state index in [1.165, 1.54) is 12.1 Å². The van der Waals surface area contributed by atoms with Crippen molar-refractivity contribution in [2.24, 2.45) is 5.16 Å². The largest absolute Gasteiger partial charge is 0.389 e. The molecule has 0 aromatic heterocycles. The first-order chi connectivity index (χ1) is 8.61. The zero-order valence-corrected chi connectivity index (χ0v) is 10.2. The maximum absolute atomic E-state index is 10.5. The second-order valence-corrected chi connectivity index (χ2v) is 4.13. The van der Waals surface area contributed by atoms with Gasteiger partial charge in [0.15, 0.2) is 6.10 Å². The molecular weight excluding hydrogens is 236 g/mol. The summed E-state index contributed by atoms with van der Waals surface area (Å²) < 4.78 is 5.18. The summed E-state index contributed by atoms with van der Waals surface area (Å²) in [5.41, 5.74) is 1.70. The molecule has 0 spiro atoms. The molecule has 1 aromatic rings. The molecule has 2 rings (SSSR count). The van der Waals surface area contributed by atoms with Crippen molar-refractivity contribution in [3.8, 4) is 0 Å². The zero-order chi connectivity index (χ0) is 13.1. The van der Waals surface area contributed by atoms with Crippen LogP contribution < -0.4 is 0 Å². The molecule has 1 aromatic carbocycles. The maximum atomic E-state index is 10.5. The van der Waals surface area contributed by atoms with Crippen LogP contribution in [0.4, 0.5) is 5.69 Å². The number of non-ortho nitro benzene ring substituents is 1. The molecule has 6 nitrogen and oxygen atoms in total. The Morgan fingerprint density at radius 3 is 2.72 bits per heavy atom. The zero-order valence-electron chi connectivity index (χ0n) is 10.2. The van der Waals surface area contributed by atoms with Gasteiger partial charge in [0.2, 0.25) is 0 Å². The van der Waals surface area contributed by atoms with Gasteiger partial charge in [-0.1, -0.05) is 5.16 Å². The Morgan fingerprint density at radius 2 is 2.17 bits per heavy atom. The fourth-order valence-corrected chi connectivity index (χ4v) is 1.75. The normalized spacial score (nSPS) is 20.1. The van der Waals surface area contributed by atoms with E-state index < -0.39 is 4.92 Å². The predicted octanol–water partition coefficient (Wildman–Crippen LogP) is 2.12. The Balaban J connectivity index is 2.07. The Kier molecular flexibility index (Phi) is 3.57. The lowest BCUT2D eigenvalue weighted by Crippen LogP contribution is -2.25. The summed E-state index contributed by atoms with van der Waals surface area (Å²) in [6.07, 6.45) is 0.511. The molecule has 1 aliphatic rings. The highest BCUT2D eigenvalue weighted by Crippen LogP contribution is 2.21. The number of nitro benzene ring substituents is 1. The van der Waals surface area contributed by atoms with Gasteiger partial charge in [-0.15, -0.1) is 0 Å². The number of nitrogens with zero attached hydrogens (tertiary/aromatic N) is 2. The van der Waals surface area contributed by atoms with E-state index in [1.807, 2.05) is 6.92 Å². The van der Waals surface area contributed by atoms with Crippen LogP contribution in [0.15, 0.2) is 29.4 Å². The first-order valence-electron chi connectivity index (χ1n) is 5.62. The van der Waals surface area contributed by atoms with Crippen LogP contribution in [0, 0.1) is 10.1 Å². The van der Waals surface area contributed by atoms with Crippen LogP contribution in [0.2, 0.25) is 0 Å².